The lowest BCUT2D eigenvalue weighted by Crippen LogP contribution is -2.10. The van der Waals surface area contributed by atoms with E-state index in [1.165, 1.54) is 12.3 Å². The molecule has 6 heteroatoms. The number of benzene rings is 1. The van der Waals surface area contributed by atoms with Crippen molar-refractivity contribution in [3.05, 3.63) is 65.6 Å². The van der Waals surface area contributed by atoms with Crippen molar-refractivity contribution in [3.8, 4) is 11.3 Å². The summed E-state index contributed by atoms with van der Waals surface area (Å²) in [4.78, 5) is 19.5. The minimum atomic E-state index is -2.65. The monoisotopic (exact) mass is 353 g/mol. The Labute approximate surface area is 149 Å². The topological polar surface area (TPSA) is 57.8 Å². The number of aromatic amines is 1. The van der Waals surface area contributed by atoms with E-state index in [9.17, 15) is 13.6 Å². The standard InChI is InChI=1S/C20H17F2N3O/c21-20(22)15-11-12(9-10-23-15)18-19(24-13-5-2-1-3-6-13)17-14(25-18)7-4-8-16(17)26/h1-3,5-6,9-11,20,24-25H,4,7-8H2. The Morgan fingerprint density at radius 3 is 2.69 bits per heavy atom. The summed E-state index contributed by atoms with van der Waals surface area (Å²) in [6.07, 6.45) is 0.760. The van der Waals surface area contributed by atoms with Crippen molar-refractivity contribution >= 4 is 17.2 Å². The maximum Gasteiger partial charge on any atom is 0.280 e. The van der Waals surface area contributed by atoms with Crippen LogP contribution in [0.15, 0.2) is 48.7 Å². The summed E-state index contributed by atoms with van der Waals surface area (Å²) >= 11 is 0. The Kier molecular flexibility index (Phi) is 4.24. The number of nitrogens with zero attached hydrogens (tertiary/aromatic N) is 1. The molecule has 0 unspecified atom stereocenters. The molecule has 0 saturated carbocycles. The van der Waals surface area contributed by atoms with E-state index in [-0.39, 0.29) is 11.5 Å². The first kappa shape index (κ1) is 16.4. The molecule has 0 aliphatic heterocycles. The molecular formula is C20H17F2N3O. The van der Waals surface area contributed by atoms with E-state index in [0.717, 1.165) is 24.2 Å². The lowest BCUT2D eigenvalue weighted by Gasteiger charge is -2.13. The fourth-order valence-electron chi connectivity index (χ4n) is 3.33. The predicted molar refractivity (Wildman–Crippen MR) is 96.0 cm³/mol. The van der Waals surface area contributed by atoms with Gasteiger partial charge >= 0.3 is 0 Å². The van der Waals surface area contributed by atoms with Gasteiger partial charge in [-0.1, -0.05) is 18.2 Å². The number of nitrogens with one attached hydrogen (secondary N) is 2. The molecule has 26 heavy (non-hydrogen) atoms. The van der Waals surface area contributed by atoms with Crippen molar-refractivity contribution < 1.29 is 13.6 Å². The molecule has 2 heterocycles. The van der Waals surface area contributed by atoms with Gasteiger partial charge in [0.05, 0.1) is 16.9 Å². The largest absolute Gasteiger partial charge is 0.356 e. The van der Waals surface area contributed by atoms with E-state index < -0.39 is 6.43 Å². The molecule has 4 rings (SSSR count). The molecule has 1 aliphatic carbocycles. The third kappa shape index (κ3) is 2.98. The zero-order valence-electron chi connectivity index (χ0n) is 13.9. The van der Waals surface area contributed by atoms with Gasteiger partial charge in [0.25, 0.3) is 6.43 Å². The lowest BCUT2D eigenvalue weighted by molar-refractivity contribution is 0.0973. The number of pyridine rings is 1. The molecule has 0 fully saturated rings. The van der Waals surface area contributed by atoms with Crippen LogP contribution in [0.25, 0.3) is 11.3 Å². The van der Waals surface area contributed by atoms with Crippen molar-refractivity contribution in [1.29, 1.82) is 0 Å². The van der Waals surface area contributed by atoms with Crippen LogP contribution in [0.5, 0.6) is 0 Å². The highest BCUT2D eigenvalue weighted by atomic mass is 19.3. The van der Waals surface area contributed by atoms with Crippen LogP contribution in [0, 0.1) is 0 Å². The molecule has 2 aromatic heterocycles. The minimum Gasteiger partial charge on any atom is -0.356 e. The third-order valence-electron chi connectivity index (χ3n) is 4.52. The van der Waals surface area contributed by atoms with Crippen LogP contribution in [0.4, 0.5) is 20.2 Å². The van der Waals surface area contributed by atoms with Gasteiger partial charge in [-0.2, -0.15) is 0 Å². The molecule has 0 saturated heterocycles. The van der Waals surface area contributed by atoms with Gasteiger partial charge in [-0.3, -0.25) is 9.78 Å². The smallest absolute Gasteiger partial charge is 0.280 e. The van der Waals surface area contributed by atoms with E-state index in [0.29, 0.717) is 28.9 Å². The zero-order valence-corrected chi connectivity index (χ0v) is 13.9. The van der Waals surface area contributed by atoms with Crippen LogP contribution in [0.2, 0.25) is 0 Å². The number of aryl methyl sites for hydroxylation is 1. The number of carbonyl (C=O) groups is 1. The molecular weight excluding hydrogens is 336 g/mol. The molecule has 2 N–H and O–H groups in total. The average molecular weight is 353 g/mol. The first-order valence-corrected chi connectivity index (χ1v) is 8.48. The predicted octanol–water partition coefficient (Wildman–Crippen LogP) is 5.28. The van der Waals surface area contributed by atoms with E-state index in [1.54, 1.807) is 6.07 Å². The van der Waals surface area contributed by atoms with Crippen LogP contribution < -0.4 is 5.32 Å². The Morgan fingerprint density at radius 1 is 1.12 bits per heavy atom. The van der Waals surface area contributed by atoms with E-state index in [4.69, 9.17) is 0 Å². The normalized spacial score (nSPS) is 13.7. The molecule has 3 aromatic rings. The quantitative estimate of drug-likeness (QED) is 0.671. The second-order valence-electron chi connectivity index (χ2n) is 6.27. The Balaban J connectivity index is 1.86. The Bertz CT molecular complexity index is 951. The molecule has 4 nitrogen and oxygen atoms in total. The second kappa shape index (κ2) is 6.71. The molecule has 0 atom stereocenters. The van der Waals surface area contributed by atoms with Crippen LogP contribution in [0.3, 0.4) is 0 Å². The Hall–Kier alpha value is -3.02. The first-order chi connectivity index (χ1) is 12.6. The van der Waals surface area contributed by atoms with Crippen LogP contribution in [0.1, 0.15) is 41.0 Å². The van der Waals surface area contributed by atoms with Crippen LogP contribution in [-0.2, 0) is 6.42 Å². The van der Waals surface area contributed by atoms with Crippen LogP contribution in [-0.4, -0.2) is 15.8 Å². The lowest BCUT2D eigenvalue weighted by atomic mass is 9.95. The summed E-state index contributed by atoms with van der Waals surface area (Å²) in [5.74, 6) is 0.0651. The van der Waals surface area contributed by atoms with Crippen molar-refractivity contribution in [3.63, 3.8) is 0 Å². The summed E-state index contributed by atoms with van der Waals surface area (Å²) in [5, 5.41) is 3.30. The molecule has 1 aliphatic rings. The zero-order chi connectivity index (χ0) is 18.1. The van der Waals surface area contributed by atoms with Gasteiger partial charge in [-0.05, 0) is 37.1 Å². The highest BCUT2D eigenvalue weighted by Crippen LogP contribution is 2.39. The number of anilines is 2. The van der Waals surface area contributed by atoms with Gasteiger partial charge in [0.15, 0.2) is 5.78 Å². The highest BCUT2D eigenvalue weighted by molar-refractivity contribution is 6.07. The number of ketones is 1. The van der Waals surface area contributed by atoms with Gasteiger partial charge < -0.3 is 10.3 Å². The summed E-state index contributed by atoms with van der Waals surface area (Å²) in [5.41, 5.74) is 3.89. The van der Waals surface area contributed by atoms with Crippen molar-refractivity contribution in [2.24, 2.45) is 0 Å². The number of hydrogen-bond donors (Lipinski definition) is 2. The van der Waals surface area contributed by atoms with Crippen LogP contribution >= 0.6 is 0 Å². The number of hydrogen-bond acceptors (Lipinski definition) is 3. The molecule has 132 valence electrons. The summed E-state index contributed by atoms with van der Waals surface area (Å²) < 4.78 is 26.1. The average Bonchev–Trinajstić information content (AvgIpc) is 3.02. The van der Waals surface area contributed by atoms with Crippen molar-refractivity contribution in [1.82, 2.24) is 9.97 Å². The number of Topliss-reactive ketones (excluding diaryl/α,β-unsaturated/α-hetero) is 1. The number of rotatable bonds is 4. The van der Waals surface area contributed by atoms with Gasteiger partial charge in [0.1, 0.15) is 5.69 Å². The summed E-state index contributed by atoms with van der Waals surface area (Å²) in [7, 11) is 0. The fourth-order valence-corrected chi connectivity index (χ4v) is 3.33. The van der Waals surface area contributed by atoms with Gasteiger partial charge in [0, 0.05) is 29.6 Å². The molecule has 1 aromatic carbocycles. The number of carbonyl (C=O) groups excluding carboxylic acids is 1. The fraction of sp³-hybridized carbons (Fsp3) is 0.200. The number of halogens is 2. The summed E-state index contributed by atoms with van der Waals surface area (Å²) in [6.45, 7) is 0. The Morgan fingerprint density at radius 2 is 1.92 bits per heavy atom. The van der Waals surface area contributed by atoms with E-state index in [1.807, 2.05) is 30.3 Å². The number of fused-ring (bicyclic) bond motifs is 1. The number of H-pyrrole nitrogens is 1. The van der Waals surface area contributed by atoms with Crippen molar-refractivity contribution in [2.45, 2.75) is 25.7 Å². The van der Waals surface area contributed by atoms with Gasteiger partial charge in [-0.15, -0.1) is 0 Å². The van der Waals surface area contributed by atoms with E-state index >= 15 is 0 Å². The summed E-state index contributed by atoms with van der Waals surface area (Å²) in [6, 6.07) is 12.5. The van der Waals surface area contributed by atoms with Gasteiger partial charge in [0.2, 0.25) is 0 Å². The number of para-hydroxylation sites is 1. The second-order valence-corrected chi connectivity index (χ2v) is 6.27. The number of alkyl halides is 2. The first-order valence-electron chi connectivity index (χ1n) is 8.48. The molecule has 0 spiro atoms. The SMILES string of the molecule is O=C1CCCc2[nH]c(-c3ccnc(C(F)F)c3)c(Nc3ccccc3)c21. The minimum absolute atomic E-state index is 0.0651. The number of aromatic nitrogens is 2. The molecule has 0 amide bonds. The van der Waals surface area contributed by atoms with E-state index in [2.05, 4.69) is 15.3 Å². The maximum absolute atomic E-state index is 13.1. The molecule has 0 bridgehead atoms. The van der Waals surface area contributed by atoms with Crippen molar-refractivity contribution in [2.75, 3.05) is 5.32 Å². The molecule has 0 radical (unpaired) electrons. The van der Waals surface area contributed by atoms with Gasteiger partial charge in [-0.25, -0.2) is 8.78 Å². The maximum atomic E-state index is 13.1. The third-order valence-corrected chi connectivity index (χ3v) is 4.52. The highest BCUT2D eigenvalue weighted by Gasteiger charge is 2.27.